The van der Waals surface area contributed by atoms with Crippen molar-refractivity contribution in [3.05, 3.63) is 30.0 Å². The maximum absolute atomic E-state index is 9.41. The van der Waals surface area contributed by atoms with Crippen molar-refractivity contribution in [3.63, 3.8) is 0 Å². The zero-order valence-corrected chi connectivity index (χ0v) is 6.54. The van der Waals surface area contributed by atoms with Crippen molar-refractivity contribution >= 4 is 10.9 Å². The molecule has 3 nitrogen and oxygen atoms in total. The molecule has 0 aliphatic rings. The van der Waals surface area contributed by atoms with Crippen LogP contribution in [0.5, 0.6) is 5.75 Å². The molecule has 12 heavy (non-hydrogen) atoms. The highest BCUT2D eigenvalue weighted by Crippen LogP contribution is 2.25. The molecule has 0 atom stereocenters. The number of aromatic nitrogens is 1. The van der Waals surface area contributed by atoms with E-state index in [1.165, 1.54) is 0 Å². The van der Waals surface area contributed by atoms with Gasteiger partial charge in [-0.2, -0.15) is 0 Å². The smallest absolute Gasteiger partial charge is 0.139 e. The third-order valence-electron chi connectivity index (χ3n) is 2.00. The Morgan fingerprint density at radius 1 is 1.42 bits per heavy atom. The predicted molar refractivity (Wildman–Crippen MR) is 47.9 cm³/mol. The maximum atomic E-state index is 9.41. The molecule has 1 aromatic carbocycles. The van der Waals surface area contributed by atoms with Gasteiger partial charge in [-0.15, -0.1) is 0 Å². The number of para-hydroxylation sites is 1. The summed E-state index contributed by atoms with van der Waals surface area (Å²) in [6, 6.07) is 5.40. The first kappa shape index (κ1) is 7.18. The molecular formula is C9H10N2O. The van der Waals surface area contributed by atoms with E-state index in [0.717, 1.165) is 16.5 Å². The van der Waals surface area contributed by atoms with E-state index in [9.17, 15) is 5.11 Å². The standard InChI is InChI=1S/C9H10N2O/c10-4-6-5-11-9-7(6)2-1-3-8(9)12/h1-3,5,11-12H,4,10H2. The summed E-state index contributed by atoms with van der Waals surface area (Å²) in [6.07, 6.45) is 1.82. The molecule has 0 saturated heterocycles. The molecule has 0 fully saturated rings. The van der Waals surface area contributed by atoms with Gasteiger partial charge in [0.05, 0.1) is 5.52 Å². The van der Waals surface area contributed by atoms with Crippen LogP contribution in [-0.2, 0) is 6.54 Å². The Morgan fingerprint density at radius 2 is 2.25 bits per heavy atom. The molecule has 3 heteroatoms. The van der Waals surface area contributed by atoms with E-state index in [1.54, 1.807) is 6.07 Å². The van der Waals surface area contributed by atoms with Crippen molar-refractivity contribution in [2.75, 3.05) is 0 Å². The monoisotopic (exact) mass is 162 g/mol. The molecule has 62 valence electrons. The van der Waals surface area contributed by atoms with Gasteiger partial charge in [-0.3, -0.25) is 0 Å². The molecule has 1 heterocycles. The van der Waals surface area contributed by atoms with Crippen LogP contribution in [-0.4, -0.2) is 10.1 Å². The van der Waals surface area contributed by atoms with E-state index >= 15 is 0 Å². The Kier molecular flexibility index (Phi) is 1.52. The summed E-state index contributed by atoms with van der Waals surface area (Å²) in [4.78, 5) is 2.98. The van der Waals surface area contributed by atoms with Crippen molar-refractivity contribution < 1.29 is 5.11 Å². The molecule has 0 saturated carbocycles. The summed E-state index contributed by atoms with van der Waals surface area (Å²) in [5, 5.41) is 10.4. The van der Waals surface area contributed by atoms with E-state index in [0.29, 0.717) is 6.54 Å². The topological polar surface area (TPSA) is 62.0 Å². The van der Waals surface area contributed by atoms with Crippen molar-refractivity contribution in [2.24, 2.45) is 5.73 Å². The van der Waals surface area contributed by atoms with Crippen LogP contribution in [0.4, 0.5) is 0 Å². The fourth-order valence-corrected chi connectivity index (χ4v) is 1.37. The van der Waals surface area contributed by atoms with Crippen molar-refractivity contribution in [1.29, 1.82) is 0 Å². The second-order valence-corrected chi connectivity index (χ2v) is 2.72. The average molecular weight is 162 g/mol. The first-order valence-electron chi connectivity index (χ1n) is 3.81. The van der Waals surface area contributed by atoms with Crippen LogP contribution >= 0.6 is 0 Å². The van der Waals surface area contributed by atoms with E-state index < -0.39 is 0 Å². The lowest BCUT2D eigenvalue weighted by molar-refractivity contribution is 0.480. The molecule has 0 radical (unpaired) electrons. The number of phenols is 1. The van der Waals surface area contributed by atoms with Crippen LogP contribution in [0.15, 0.2) is 24.4 Å². The quantitative estimate of drug-likeness (QED) is 0.592. The SMILES string of the molecule is NCc1c[nH]c2c(O)cccc12. The number of nitrogens with one attached hydrogen (secondary N) is 1. The van der Waals surface area contributed by atoms with E-state index in [2.05, 4.69) is 4.98 Å². The molecule has 4 N–H and O–H groups in total. The molecule has 0 aliphatic heterocycles. The number of benzene rings is 1. The lowest BCUT2D eigenvalue weighted by Gasteiger charge is -1.94. The fourth-order valence-electron chi connectivity index (χ4n) is 1.37. The number of phenolic OH excluding ortho intramolecular Hbond substituents is 1. The molecule has 0 amide bonds. The Hall–Kier alpha value is -1.48. The van der Waals surface area contributed by atoms with Crippen LogP contribution in [0, 0.1) is 0 Å². The number of fused-ring (bicyclic) bond motifs is 1. The minimum absolute atomic E-state index is 0.271. The summed E-state index contributed by atoms with van der Waals surface area (Å²) >= 11 is 0. The summed E-state index contributed by atoms with van der Waals surface area (Å²) in [5.41, 5.74) is 7.30. The second kappa shape index (κ2) is 2.53. The Balaban J connectivity index is 2.80. The minimum atomic E-state index is 0.271. The Bertz CT molecular complexity index is 406. The van der Waals surface area contributed by atoms with Crippen LogP contribution < -0.4 is 5.73 Å². The third kappa shape index (κ3) is 0.871. The van der Waals surface area contributed by atoms with Gasteiger partial charge in [0, 0.05) is 18.1 Å². The number of hydrogen-bond acceptors (Lipinski definition) is 2. The Morgan fingerprint density at radius 3 is 3.00 bits per heavy atom. The number of hydrogen-bond donors (Lipinski definition) is 3. The average Bonchev–Trinajstić information content (AvgIpc) is 2.49. The number of rotatable bonds is 1. The zero-order valence-electron chi connectivity index (χ0n) is 6.54. The van der Waals surface area contributed by atoms with Gasteiger partial charge >= 0.3 is 0 Å². The zero-order chi connectivity index (χ0) is 8.55. The largest absolute Gasteiger partial charge is 0.506 e. The first-order valence-corrected chi connectivity index (χ1v) is 3.81. The predicted octanol–water partition coefficient (Wildman–Crippen LogP) is 1.33. The number of aromatic amines is 1. The van der Waals surface area contributed by atoms with E-state index in [4.69, 9.17) is 5.73 Å². The summed E-state index contributed by atoms with van der Waals surface area (Å²) in [5.74, 6) is 0.271. The van der Waals surface area contributed by atoms with Gasteiger partial charge < -0.3 is 15.8 Å². The second-order valence-electron chi connectivity index (χ2n) is 2.72. The normalized spacial score (nSPS) is 10.8. The molecule has 1 aromatic heterocycles. The van der Waals surface area contributed by atoms with Gasteiger partial charge in [-0.05, 0) is 11.6 Å². The molecule has 2 rings (SSSR count). The molecular weight excluding hydrogens is 152 g/mol. The summed E-state index contributed by atoms with van der Waals surface area (Å²) < 4.78 is 0. The lowest BCUT2D eigenvalue weighted by Crippen LogP contribution is -1.93. The van der Waals surface area contributed by atoms with Gasteiger partial charge in [-0.1, -0.05) is 12.1 Å². The highest BCUT2D eigenvalue weighted by atomic mass is 16.3. The maximum Gasteiger partial charge on any atom is 0.139 e. The molecule has 0 bridgehead atoms. The van der Waals surface area contributed by atoms with Gasteiger partial charge in [0.25, 0.3) is 0 Å². The highest BCUT2D eigenvalue weighted by Gasteiger charge is 2.03. The van der Waals surface area contributed by atoms with Crippen molar-refractivity contribution in [2.45, 2.75) is 6.54 Å². The number of aromatic hydroxyl groups is 1. The molecule has 0 spiro atoms. The lowest BCUT2D eigenvalue weighted by atomic mass is 10.2. The van der Waals surface area contributed by atoms with Crippen molar-refractivity contribution in [3.8, 4) is 5.75 Å². The van der Waals surface area contributed by atoms with E-state index in [1.807, 2.05) is 18.3 Å². The Labute approximate surface area is 69.8 Å². The van der Waals surface area contributed by atoms with Gasteiger partial charge in [0.1, 0.15) is 5.75 Å². The third-order valence-corrected chi connectivity index (χ3v) is 2.00. The van der Waals surface area contributed by atoms with Crippen molar-refractivity contribution in [1.82, 2.24) is 4.98 Å². The van der Waals surface area contributed by atoms with Gasteiger partial charge in [0.2, 0.25) is 0 Å². The van der Waals surface area contributed by atoms with Crippen LogP contribution in [0.1, 0.15) is 5.56 Å². The van der Waals surface area contributed by atoms with Crippen LogP contribution in [0.25, 0.3) is 10.9 Å². The molecule has 0 aliphatic carbocycles. The van der Waals surface area contributed by atoms with Gasteiger partial charge in [0.15, 0.2) is 0 Å². The summed E-state index contributed by atoms with van der Waals surface area (Å²) in [6.45, 7) is 0.490. The van der Waals surface area contributed by atoms with E-state index in [-0.39, 0.29) is 5.75 Å². The highest BCUT2D eigenvalue weighted by molar-refractivity contribution is 5.87. The molecule has 0 unspecified atom stereocenters. The van der Waals surface area contributed by atoms with Crippen LogP contribution in [0.3, 0.4) is 0 Å². The first-order chi connectivity index (χ1) is 5.83. The minimum Gasteiger partial charge on any atom is -0.506 e. The summed E-state index contributed by atoms with van der Waals surface area (Å²) in [7, 11) is 0. The number of H-pyrrole nitrogens is 1. The molecule has 2 aromatic rings. The van der Waals surface area contributed by atoms with Gasteiger partial charge in [-0.25, -0.2) is 0 Å². The van der Waals surface area contributed by atoms with Crippen LogP contribution in [0.2, 0.25) is 0 Å². The number of nitrogens with two attached hydrogens (primary N) is 1. The fraction of sp³-hybridized carbons (Fsp3) is 0.111.